The summed E-state index contributed by atoms with van der Waals surface area (Å²) in [6.45, 7) is 0.668. The minimum atomic E-state index is -0.420. The van der Waals surface area contributed by atoms with Crippen molar-refractivity contribution < 1.29 is 18.8 Å². The van der Waals surface area contributed by atoms with Gasteiger partial charge in [-0.15, -0.1) is 0 Å². The molecule has 1 unspecified atom stereocenters. The molecule has 2 heterocycles. The smallest absolute Gasteiger partial charge is 0.263 e. The maximum absolute atomic E-state index is 13.0. The Hall–Kier alpha value is -2.73. The Morgan fingerprint density at radius 2 is 1.81 bits per heavy atom. The summed E-state index contributed by atoms with van der Waals surface area (Å²) >= 11 is 6.08. The quantitative estimate of drug-likeness (QED) is 0.761. The zero-order valence-corrected chi connectivity index (χ0v) is 14.4. The normalized spacial score (nSPS) is 19.2. The van der Waals surface area contributed by atoms with Crippen LogP contribution in [-0.2, 0) is 0 Å². The van der Waals surface area contributed by atoms with Crippen LogP contribution in [0.15, 0.2) is 42.5 Å². The van der Waals surface area contributed by atoms with Gasteiger partial charge < -0.3 is 4.90 Å². The molecule has 0 radical (unpaired) electrons. The lowest BCUT2D eigenvalue weighted by molar-refractivity contribution is 0.0575. The molecule has 2 aliphatic heterocycles. The van der Waals surface area contributed by atoms with Crippen molar-refractivity contribution in [3.63, 3.8) is 0 Å². The minimum Gasteiger partial charge on any atom is -0.336 e. The number of fused-ring (bicyclic) bond motifs is 1. The highest BCUT2D eigenvalue weighted by atomic mass is 35.5. The van der Waals surface area contributed by atoms with Crippen molar-refractivity contribution in [3.05, 3.63) is 70.0 Å². The second-order valence-electron chi connectivity index (χ2n) is 6.34. The standard InChI is InChI=1S/C19H14ClFN2O3/c20-15-3-1-2-14-16(15)19(26)23(18(14)25)13-8-9-22(10-13)17(24)11-4-6-12(21)7-5-11/h1-7,13H,8-10H2. The number of hydrogen-bond donors (Lipinski definition) is 0. The fourth-order valence-electron chi connectivity index (χ4n) is 3.51. The van der Waals surface area contributed by atoms with Crippen LogP contribution in [0.25, 0.3) is 0 Å². The van der Waals surface area contributed by atoms with E-state index in [0.29, 0.717) is 24.1 Å². The van der Waals surface area contributed by atoms with E-state index >= 15 is 0 Å². The van der Waals surface area contributed by atoms with Crippen molar-refractivity contribution >= 4 is 29.3 Å². The first-order chi connectivity index (χ1) is 12.5. The summed E-state index contributed by atoms with van der Waals surface area (Å²) in [6, 6.07) is 9.70. The Morgan fingerprint density at radius 1 is 1.08 bits per heavy atom. The average Bonchev–Trinajstić information content (AvgIpc) is 3.19. The van der Waals surface area contributed by atoms with Crippen molar-refractivity contribution in [1.82, 2.24) is 9.80 Å². The molecule has 132 valence electrons. The second kappa shape index (κ2) is 6.21. The van der Waals surface area contributed by atoms with Gasteiger partial charge in [0.05, 0.1) is 22.2 Å². The van der Waals surface area contributed by atoms with E-state index in [4.69, 9.17) is 11.6 Å². The molecule has 2 aromatic rings. The Kier molecular flexibility index (Phi) is 4.00. The molecule has 5 nitrogen and oxygen atoms in total. The van der Waals surface area contributed by atoms with Crippen LogP contribution in [-0.4, -0.2) is 46.7 Å². The van der Waals surface area contributed by atoms with E-state index < -0.39 is 17.8 Å². The molecule has 2 aromatic carbocycles. The molecule has 1 saturated heterocycles. The van der Waals surface area contributed by atoms with Crippen LogP contribution in [0.3, 0.4) is 0 Å². The average molecular weight is 373 g/mol. The van der Waals surface area contributed by atoms with Crippen LogP contribution in [0.4, 0.5) is 4.39 Å². The van der Waals surface area contributed by atoms with E-state index in [1.54, 1.807) is 23.1 Å². The van der Waals surface area contributed by atoms with Crippen LogP contribution in [0, 0.1) is 5.82 Å². The van der Waals surface area contributed by atoms with Crippen LogP contribution in [0.1, 0.15) is 37.5 Å². The lowest BCUT2D eigenvalue weighted by atomic mass is 10.1. The number of carbonyl (C=O) groups excluding carboxylic acids is 3. The number of likely N-dealkylation sites (tertiary alicyclic amines) is 1. The molecule has 0 N–H and O–H groups in total. The van der Waals surface area contributed by atoms with E-state index in [-0.39, 0.29) is 28.9 Å². The summed E-state index contributed by atoms with van der Waals surface area (Å²) in [7, 11) is 0. The number of rotatable bonds is 2. The molecule has 1 fully saturated rings. The molecule has 0 aromatic heterocycles. The van der Waals surface area contributed by atoms with E-state index in [2.05, 4.69) is 0 Å². The number of benzene rings is 2. The summed E-state index contributed by atoms with van der Waals surface area (Å²) in [5, 5.41) is 0.251. The number of carbonyl (C=O) groups is 3. The molecule has 4 rings (SSSR count). The molecule has 0 aliphatic carbocycles. The third-order valence-electron chi connectivity index (χ3n) is 4.80. The molecule has 7 heteroatoms. The van der Waals surface area contributed by atoms with Gasteiger partial charge in [0.1, 0.15) is 5.82 Å². The van der Waals surface area contributed by atoms with E-state index in [0.717, 1.165) is 0 Å². The van der Waals surface area contributed by atoms with Crippen molar-refractivity contribution in [2.24, 2.45) is 0 Å². The Labute approximate surface area is 154 Å². The predicted molar refractivity (Wildman–Crippen MR) is 92.7 cm³/mol. The van der Waals surface area contributed by atoms with E-state index in [9.17, 15) is 18.8 Å². The number of nitrogens with zero attached hydrogens (tertiary/aromatic N) is 2. The molecule has 0 spiro atoms. The fraction of sp³-hybridized carbons (Fsp3) is 0.211. The molecule has 1 atom stereocenters. The third kappa shape index (κ3) is 2.57. The van der Waals surface area contributed by atoms with Gasteiger partial charge in [0.25, 0.3) is 17.7 Å². The van der Waals surface area contributed by atoms with Gasteiger partial charge in [0.2, 0.25) is 0 Å². The molecule has 0 saturated carbocycles. The Morgan fingerprint density at radius 3 is 2.50 bits per heavy atom. The molecule has 2 aliphatic rings. The first kappa shape index (κ1) is 16.7. The lowest BCUT2D eigenvalue weighted by Crippen LogP contribution is -2.42. The van der Waals surface area contributed by atoms with Crippen molar-refractivity contribution in [2.45, 2.75) is 12.5 Å². The Bertz CT molecular complexity index is 929. The maximum atomic E-state index is 13.0. The second-order valence-corrected chi connectivity index (χ2v) is 6.75. The van der Waals surface area contributed by atoms with Gasteiger partial charge >= 0.3 is 0 Å². The number of amides is 3. The molecule has 26 heavy (non-hydrogen) atoms. The summed E-state index contributed by atoms with van der Waals surface area (Å²) in [5.41, 5.74) is 0.894. The number of imide groups is 1. The topological polar surface area (TPSA) is 57.7 Å². The minimum absolute atomic E-state index is 0.225. The monoisotopic (exact) mass is 372 g/mol. The van der Waals surface area contributed by atoms with Gasteiger partial charge in [-0.1, -0.05) is 17.7 Å². The highest BCUT2D eigenvalue weighted by Crippen LogP contribution is 2.32. The van der Waals surface area contributed by atoms with Gasteiger partial charge in [-0.05, 0) is 42.8 Å². The number of halogens is 2. The lowest BCUT2D eigenvalue weighted by Gasteiger charge is -2.22. The van der Waals surface area contributed by atoms with Crippen LogP contribution in [0.5, 0.6) is 0 Å². The molecule has 0 bridgehead atoms. The highest BCUT2D eigenvalue weighted by Gasteiger charge is 2.44. The van der Waals surface area contributed by atoms with Crippen LogP contribution >= 0.6 is 11.6 Å². The van der Waals surface area contributed by atoms with Gasteiger partial charge in [0, 0.05) is 18.7 Å². The number of hydrogen-bond acceptors (Lipinski definition) is 3. The van der Waals surface area contributed by atoms with Crippen LogP contribution in [0.2, 0.25) is 5.02 Å². The summed E-state index contributed by atoms with van der Waals surface area (Å²) < 4.78 is 13.0. The summed E-state index contributed by atoms with van der Waals surface area (Å²) in [6.07, 6.45) is 0.496. The van der Waals surface area contributed by atoms with E-state index in [1.807, 2.05) is 0 Å². The predicted octanol–water partition coefficient (Wildman–Crippen LogP) is 2.99. The maximum Gasteiger partial charge on any atom is 0.263 e. The first-order valence-corrected chi connectivity index (χ1v) is 8.56. The zero-order chi connectivity index (χ0) is 18.4. The molecular weight excluding hydrogens is 359 g/mol. The SMILES string of the molecule is O=C(c1ccc(F)cc1)N1CCC(N2C(=O)c3cccc(Cl)c3C2=O)C1. The van der Waals surface area contributed by atoms with Crippen molar-refractivity contribution in [1.29, 1.82) is 0 Å². The first-order valence-electron chi connectivity index (χ1n) is 8.18. The molecule has 3 amide bonds. The largest absolute Gasteiger partial charge is 0.336 e. The Balaban J connectivity index is 1.54. The van der Waals surface area contributed by atoms with Crippen LogP contribution < -0.4 is 0 Å². The fourth-order valence-corrected chi connectivity index (χ4v) is 3.76. The van der Waals surface area contributed by atoms with Gasteiger partial charge in [-0.25, -0.2) is 4.39 Å². The zero-order valence-electron chi connectivity index (χ0n) is 13.6. The van der Waals surface area contributed by atoms with Crippen molar-refractivity contribution in [3.8, 4) is 0 Å². The summed E-state index contributed by atoms with van der Waals surface area (Å²) in [4.78, 5) is 40.6. The van der Waals surface area contributed by atoms with Gasteiger partial charge in [0.15, 0.2) is 0 Å². The van der Waals surface area contributed by atoms with Gasteiger partial charge in [-0.3, -0.25) is 19.3 Å². The van der Waals surface area contributed by atoms with Gasteiger partial charge in [-0.2, -0.15) is 0 Å². The van der Waals surface area contributed by atoms with E-state index in [1.165, 1.54) is 29.2 Å². The van der Waals surface area contributed by atoms with Crippen molar-refractivity contribution in [2.75, 3.05) is 13.1 Å². The third-order valence-corrected chi connectivity index (χ3v) is 5.12. The summed E-state index contributed by atoms with van der Waals surface area (Å²) in [5.74, 6) is -1.46. The highest BCUT2D eigenvalue weighted by molar-refractivity contribution is 6.37. The molecular formula is C19H14ClFN2O3.